The molecule has 1 aliphatic carbocycles. The van der Waals surface area contributed by atoms with Crippen LogP contribution >= 0.6 is 0 Å². The second kappa shape index (κ2) is 9.26. The molecule has 2 heterocycles. The molecule has 0 saturated heterocycles. The average molecular weight is 421 g/mol. The zero-order chi connectivity index (χ0) is 21.8. The summed E-state index contributed by atoms with van der Waals surface area (Å²) in [5.41, 5.74) is 3.87. The summed E-state index contributed by atoms with van der Waals surface area (Å²) in [5.74, 6) is 2.33. The number of hydrogen-bond donors (Lipinski definition) is 3. The molecule has 0 fully saturated rings. The van der Waals surface area contributed by atoms with Gasteiger partial charge in [0.25, 0.3) is 5.91 Å². The van der Waals surface area contributed by atoms with Crippen LogP contribution in [0.3, 0.4) is 0 Å². The van der Waals surface area contributed by atoms with Crippen molar-refractivity contribution in [2.24, 2.45) is 0 Å². The van der Waals surface area contributed by atoms with Crippen molar-refractivity contribution >= 4 is 11.7 Å². The van der Waals surface area contributed by atoms with Crippen molar-refractivity contribution in [1.82, 2.24) is 24.8 Å². The van der Waals surface area contributed by atoms with Gasteiger partial charge in [0.15, 0.2) is 0 Å². The number of carbonyl (C=O) groups excluding carboxylic acids is 1. The van der Waals surface area contributed by atoms with Crippen molar-refractivity contribution in [3.05, 3.63) is 70.7 Å². The highest BCUT2D eigenvalue weighted by atomic mass is 16.3. The molecular formula is C23H28N6O2. The van der Waals surface area contributed by atoms with E-state index in [4.69, 9.17) is 0 Å². The van der Waals surface area contributed by atoms with Gasteiger partial charge in [-0.05, 0) is 50.5 Å². The van der Waals surface area contributed by atoms with Crippen LogP contribution in [0.2, 0.25) is 0 Å². The number of anilines is 1. The molecule has 4 rings (SSSR count). The number of imidazole rings is 1. The van der Waals surface area contributed by atoms with Gasteiger partial charge < -0.3 is 20.3 Å². The molecule has 3 N–H and O–H groups in total. The van der Waals surface area contributed by atoms with Crippen LogP contribution in [-0.2, 0) is 25.9 Å². The number of aryl methyl sites for hydroxylation is 2. The smallest absolute Gasteiger partial charge is 0.251 e. The molecule has 0 aliphatic heterocycles. The van der Waals surface area contributed by atoms with Crippen molar-refractivity contribution in [2.75, 3.05) is 11.9 Å². The third-order valence-corrected chi connectivity index (χ3v) is 5.61. The predicted molar refractivity (Wildman–Crippen MR) is 118 cm³/mol. The maximum Gasteiger partial charge on any atom is 0.251 e. The molecule has 31 heavy (non-hydrogen) atoms. The lowest BCUT2D eigenvalue weighted by Gasteiger charge is -2.24. The molecule has 0 saturated carbocycles. The largest absolute Gasteiger partial charge is 0.395 e. The fourth-order valence-electron chi connectivity index (χ4n) is 4.12. The van der Waals surface area contributed by atoms with Crippen LogP contribution in [0.15, 0.2) is 36.5 Å². The van der Waals surface area contributed by atoms with Gasteiger partial charge in [-0.25, -0.2) is 15.0 Å². The van der Waals surface area contributed by atoms with Crippen LogP contribution in [0.1, 0.15) is 45.4 Å². The quantitative estimate of drug-likeness (QED) is 0.541. The Labute approximate surface area is 181 Å². The Morgan fingerprint density at radius 3 is 2.94 bits per heavy atom. The number of amides is 1. The van der Waals surface area contributed by atoms with E-state index in [1.165, 1.54) is 5.69 Å². The van der Waals surface area contributed by atoms with Gasteiger partial charge in [0, 0.05) is 43.0 Å². The van der Waals surface area contributed by atoms with Crippen molar-refractivity contribution in [3.63, 3.8) is 0 Å². The lowest BCUT2D eigenvalue weighted by molar-refractivity contribution is 0.0933. The van der Waals surface area contributed by atoms with Gasteiger partial charge in [-0.15, -0.1) is 0 Å². The van der Waals surface area contributed by atoms with E-state index in [9.17, 15) is 9.90 Å². The molecule has 3 aromatic rings. The monoisotopic (exact) mass is 420 g/mol. The first kappa shape index (κ1) is 21.0. The Balaban J connectivity index is 1.38. The topological polar surface area (TPSA) is 105 Å². The van der Waals surface area contributed by atoms with Crippen molar-refractivity contribution in [2.45, 2.75) is 52.2 Å². The Morgan fingerprint density at radius 1 is 1.26 bits per heavy atom. The molecule has 1 atom stereocenters. The highest BCUT2D eigenvalue weighted by Crippen LogP contribution is 2.23. The van der Waals surface area contributed by atoms with Crippen LogP contribution < -0.4 is 10.6 Å². The van der Waals surface area contributed by atoms with Crippen molar-refractivity contribution in [1.29, 1.82) is 0 Å². The van der Waals surface area contributed by atoms with Crippen molar-refractivity contribution < 1.29 is 9.90 Å². The van der Waals surface area contributed by atoms with Crippen LogP contribution in [-0.4, -0.2) is 43.2 Å². The number of aliphatic hydroxyl groups excluding tert-OH is 1. The van der Waals surface area contributed by atoms with Gasteiger partial charge in [0.1, 0.15) is 17.5 Å². The number of aliphatic hydroxyl groups is 1. The molecule has 1 unspecified atom stereocenters. The number of aromatic nitrogens is 4. The second-order valence-electron chi connectivity index (χ2n) is 7.88. The number of hydrogen-bond acceptors (Lipinski definition) is 6. The Morgan fingerprint density at radius 2 is 2.13 bits per heavy atom. The third kappa shape index (κ3) is 4.91. The number of rotatable bonds is 7. The minimum atomic E-state index is -0.0697. The maximum atomic E-state index is 12.9. The van der Waals surface area contributed by atoms with E-state index in [2.05, 4.69) is 30.2 Å². The second-order valence-corrected chi connectivity index (χ2v) is 7.88. The summed E-state index contributed by atoms with van der Waals surface area (Å²) >= 11 is 0. The minimum absolute atomic E-state index is 0.0580. The molecular weight excluding hydrogens is 392 g/mol. The van der Waals surface area contributed by atoms with Crippen LogP contribution in [0.5, 0.6) is 0 Å². The van der Waals surface area contributed by atoms with Gasteiger partial charge in [-0.3, -0.25) is 4.79 Å². The fourth-order valence-corrected chi connectivity index (χ4v) is 4.12. The predicted octanol–water partition coefficient (Wildman–Crippen LogP) is 2.18. The maximum absolute atomic E-state index is 12.9. The summed E-state index contributed by atoms with van der Waals surface area (Å²) in [4.78, 5) is 25.9. The van der Waals surface area contributed by atoms with E-state index >= 15 is 0 Å². The normalized spacial score (nSPS) is 15.4. The summed E-state index contributed by atoms with van der Waals surface area (Å²) < 4.78 is 2.09. The van der Waals surface area contributed by atoms with Gasteiger partial charge in [0.05, 0.1) is 12.3 Å². The molecule has 8 heteroatoms. The number of nitrogens with one attached hydrogen (secondary N) is 2. The molecule has 0 spiro atoms. The average Bonchev–Trinajstić information content (AvgIpc) is 3.07. The Bertz CT molecular complexity index is 1080. The van der Waals surface area contributed by atoms with Crippen molar-refractivity contribution in [3.8, 4) is 0 Å². The van der Waals surface area contributed by atoms with Gasteiger partial charge >= 0.3 is 0 Å². The number of benzene rings is 1. The number of fused-ring (bicyclic) bond motifs is 1. The Hall–Kier alpha value is -3.26. The lowest BCUT2D eigenvalue weighted by atomic mass is 9.95. The van der Waals surface area contributed by atoms with E-state index < -0.39 is 0 Å². The van der Waals surface area contributed by atoms with E-state index in [0.717, 1.165) is 35.7 Å². The zero-order valence-corrected chi connectivity index (χ0v) is 17.9. The van der Waals surface area contributed by atoms with E-state index in [-0.39, 0.29) is 18.6 Å². The van der Waals surface area contributed by atoms with Gasteiger partial charge in [-0.2, -0.15) is 0 Å². The highest BCUT2D eigenvalue weighted by Gasteiger charge is 2.25. The first-order valence-electron chi connectivity index (χ1n) is 10.6. The first-order chi connectivity index (χ1) is 15.0. The molecule has 1 aliphatic rings. The SMILES string of the molecule is Cc1nccc(NCc2cccc(C(=O)NC3CCc4c(nc(C)n4CCO)C3)c2)n1. The molecule has 2 aromatic heterocycles. The first-order valence-corrected chi connectivity index (χ1v) is 10.6. The lowest BCUT2D eigenvalue weighted by Crippen LogP contribution is -2.39. The molecule has 0 radical (unpaired) electrons. The molecule has 1 aromatic carbocycles. The summed E-state index contributed by atoms with van der Waals surface area (Å²) in [5, 5.41) is 15.7. The zero-order valence-electron chi connectivity index (χ0n) is 17.9. The number of nitrogens with zero attached hydrogens (tertiary/aromatic N) is 4. The van der Waals surface area contributed by atoms with Crippen LogP contribution in [0.4, 0.5) is 5.82 Å². The standard InChI is InChI=1S/C23H28N6O2/c1-15-24-9-8-22(26-15)25-14-17-4-3-5-18(12-17)23(31)28-19-6-7-21-20(13-19)27-16(2)29(21)10-11-30/h3-5,8-9,12,19,30H,6-7,10-11,13-14H2,1-2H3,(H,28,31)(H,24,25,26). The highest BCUT2D eigenvalue weighted by molar-refractivity contribution is 5.94. The summed E-state index contributed by atoms with van der Waals surface area (Å²) in [6.07, 6.45) is 4.15. The van der Waals surface area contributed by atoms with Crippen LogP contribution in [0.25, 0.3) is 0 Å². The molecule has 162 valence electrons. The fraction of sp³-hybridized carbons (Fsp3) is 0.391. The summed E-state index contributed by atoms with van der Waals surface area (Å²) in [7, 11) is 0. The third-order valence-electron chi connectivity index (χ3n) is 5.61. The van der Waals surface area contributed by atoms with Gasteiger partial charge in [0.2, 0.25) is 0 Å². The molecule has 1 amide bonds. The molecule has 8 nitrogen and oxygen atoms in total. The molecule has 0 bridgehead atoms. The Kier molecular flexibility index (Phi) is 6.27. The number of carbonyl (C=O) groups is 1. The van der Waals surface area contributed by atoms with E-state index in [0.29, 0.717) is 30.9 Å². The van der Waals surface area contributed by atoms with E-state index in [1.54, 1.807) is 6.20 Å². The summed E-state index contributed by atoms with van der Waals surface area (Å²) in [6.45, 7) is 5.06. The van der Waals surface area contributed by atoms with Gasteiger partial charge in [-0.1, -0.05) is 12.1 Å². The summed E-state index contributed by atoms with van der Waals surface area (Å²) in [6, 6.07) is 9.51. The minimum Gasteiger partial charge on any atom is -0.395 e. The van der Waals surface area contributed by atoms with E-state index in [1.807, 2.05) is 44.2 Å². The van der Waals surface area contributed by atoms with Crippen LogP contribution in [0, 0.1) is 13.8 Å².